The van der Waals surface area contributed by atoms with E-state index < -0.39 is 0 Å². The van der Waals surface area contributed by atoms with Gasteiger partial charge in [0.25, 0.3) is 0 Å². The molecule has 13 aromatic rings. The number of aromatic nitrogens is 16. The highest BCUT2D eigenvalue weighted by Gasteiger charge is 2.06. The van der Waals surface area contributed by atoms with E-state index in [0.29, 0.717) is 0 Å². The van der Waals surface area contributed by atoms with E-state index in [2.05, 4.69) is 169 Å². The number of imidazole rings is 3. The number of hydrogen-bond donors (Lipinski definition) is 0. The third-order valence-corrected chi connectivity index (χ3v) is 17.9. The Balaban J connectivity index is 0.00000114. The molecule has 0 saturated heterocycles. The molecule has 0 atom stereocenters. The molecule has 0 aliphatic carbocycles. The summed E-state index contributed by atoms with van der Waals surface area (Å²) in [4.78, 5) is 25.0. The predicted molar refractivity (Wildman–Crippen MR) is 437 cm³/mol. The second-order valence-electron chi connectivity index (χ2n) is 26.4. The molecule has 0 spiro atoms. The minimum atomic E-state index is 0.750. The summed E-state index contributed by atoms with van der Waals surface area (Å²) >= 11 is 0. The van der Waals surface area contributed by atoms with Crippen LogP contribution in [-0.4, -0.2) is 78.0 Å². The van der Waals surface area contributed by atoms with Gasteiger partial charge in [-0.05, 0) is 242 Å². The van der Waals surface area contributed by atoms with Crippen LogP contribution in [-0.2, 0) is 42.3 Å². The summed E-state index contributed by atoms with van der Waals surface area (Å²) in [5, 5.41) is 15.3. The fraction of sp³-hybridized carbons (Fsp3) is 0.482. The van der Waals surface area contributed by atoms with Crippen LogP contribution in [0.1, 0.15) is 202 Å². The first kappa shape index (κ1) is 96.9. The van der Waals surface area contributed by atoms with Crippen LogP contribution >= 0.6 is 0 Å². The second kappa shape index (κ2) is 48.2. The van der Waals surface area contributed by atoms with Gasteiger partial charge in [0.1, 0.15) is 52.0 Å². The first-order valence-corrected chi connectivity index (χ1v) is 36.2. The Kier molecular flexibility index (Phi) is 43.6. The second-order valence-corrected chi connectivity index (χ2v) is 26.4. The topological polar surface area (TPSA) is 237 Å². The maximum absolute atomic E-state index is 5.10. The monoisotopic (exact) mass is 1480 g/mol. The molecular weight excluding hydrogens is 1340 g/mol. The van der Waals surface area contributed by atoms with E-state index in [1.807, 2.05) is 248 Å². The highest BCUT2D eigenvalue weighted by molar-refractivity contribution is 5.28. The molecule has 0 unspecified atom stereocenters. The molecule has 0 saturated carbocycles. The molecular formula is C85H134N16O6. The van der Waals surface area contributed by atoms with Gasteiger partial charge in [0, 0.05) is 115 Å². The maximum atomic E-state index is 5.10. The van der Waals surface area contributed by atoms with Gasteiger partial charge in [-0.3, -0.25) is 9.36 Å². The fourth-order valence-corrected chi connectivity index (χ4v) is 8.94. The molecule has 0 aliphatic heterocycles. The van der Waals surface area contributed by atoms with Crippen LogP contribution in [0.5, 0.6) is 0 Å². The Labute approximate surface area is 641 Å². The van der Waals surface area contributed by atoms with Crippen LogP contribution in [0.15, 0.2) is 94.0 Å². The number of aryl methyl sites for hydroxylation is 29. The SMILES string of the molecule is CC.Cc1cc(C)n(C)n1.Cc1cc(C)on1.Cc1ccccc1.Cc1cn(C)c(C)c1C.Cc1cnn(C)c1C.Cc1cnoc1C.Cc1coc(C)c1C.Cc1nc(C)c(C)o1.Cc1nc(C)c(C)o1.Cc1nc(C)c(C)o1.Cc1nc(C)n(C)c1C.Cc1nc(C)n(C)c1C.Cc1nc(C)n(C)c1C. The van der Waals surface area contributed by atoms with Gasteiger partial charge in [-0.15, -0.1) is 0 Å². The number of nitrogens with zero attached hydrogens (tertiary/aromatic N) is 16. The van der Waals surface area contributed by atoms with Gasteiger partial charge in [-0.2, -0.15) is 10.2 Å². The van der Waals surface area contributed by atoms with E-state index in [9.17, 15) is 0 Å². The highest BCUT2D eigenvalue weighted by atomic mass is 16.5. The van der Waals surface area contributed by atoms with E-state index in [4.69, 9.17) is 26.7 Å². The van der Waals surface area contributed by atoms with Gasteiger partial charge >= 0.3 is 0 Å². The summed E-state index contributed by atoms with van der Waals surface area (Å²) in [5.74, 6) is 11.1. The lowest BCUT2D eigenvalue weighted by Gasteiger charge is -1.94. The first-order valence-electron chi connectivity index (χ1n) is 36.2. The standard InChI is InChI=1S/C8H13N.3C7H12N2.C7H10O.C7H8.2C6H10N2.3C6H9NO.2C5H7NO.C2H6/c1-6-5-9(4)8(3)7(6)2;3*1-5-6(2)9(4)7(3)8-5;1-5-4-8-7(3)6(5)2;1-7-5-3-2-4-6-7;1-5-4-7-8(3)6(5)2;1-5-4-6(2)8(3)7-5;3*1-4-5(2)8-6(3)7-4;1-4-3-6-7-5(4)2;1-4-3-5(2)7-6-4;1-2/h5H,1-4H3;3*1-4H3;4H,1-3H3;2-6H,1H3;2*4H,1-3H3;3*1-3H3;2*3H,1-2H3;1-2H3. The van der Waals surface area contributed by atoms with E-state index in [1.165, 1.54) is 67.5 Å². The molecule has 13 rings (SSSR count). The van der Waals surface area contributed by atoms with Gasteiger partial charge in [0.15, 0.2) is 17.7 Å². The van der Waals surface area contributed by atoms with Crippen molar-refractivity contribution in [1.82, 2.24) is 78.0 Å². The quantitative estimate of drug-likeness (QED) is 0.137. The minimum absolute atomic E-state index is 0.750. The van der Waals surface area contributed by atoms with Crippen molar-refractivity contribution in [1.29, 1.82) is 0 Å². The zero-order valence-electron chi connectivity index (χ0n) is 73.5. The molecule has 0 aliphatic rings. The van der Waals surface area contributed by atoms with Crippen LogP contribution in [0.2, 0.25) is 0 Å². The van der Waals surface area contributed by atoms with Crippen molar-refractivity contribution in [3.63, 3.8) is 0 Å². The number of furan rings is 1. The average Bonchev–Trinajstić information content (AvgIpc) is 1.73. The van der Waals surface area contributed by atoms with E-state index >= 15 is 0 Å². The van der Waals surface area contributed by atoms with Crippen LogP contribution < -0.4 is 0 Å². The van der Waals surface area contributed by atoms with E-state index in [1.54, 1.807) is 12.5 Å². The summed E-state index contributed by atoms with van der Waals surface area (Å²) in [5.41, 5.74) is 25.0. The Morgan fingerprint density at radius 1 is 0.346 bits per heavy atom. The minimum Gasteiger partial charge on any atom is -0.469 e. The Hall–Kier alpha value is -10.1. The maximum Gasteiger partial charge on any atom is 0.191 e. The molecule has 12 heterocycles. The molecule has 1 aromatic carbocycles. The molecule has 22 nitrogen and oxygen atoms in total. The van der Waals surface area contributed by atoms with E-state index in [0.717, 1.165) is 121 Å². The molecule has 0 N–H and O–H groups in total. The molecule has 0 fully saturated rings. The lowest BCUT2D eigenvalue weighted by Crippen LogP contribution is -1.92. The van der Waals surface area contributed by atoms with Crippen molar-refractivity contribution < 1.29 is 26.7 Å². The molecule has 0 radical (unpaired) electrons. The van der Waals surface area contributed by atoms with Crippen molar-refractivity contribution in [3.05, 3.63) is 256 Å². The largest absolute Gasteiger partial charge is 0.469 e. The van der Waals surface area contributed by atoms with E-state index in [-0.39, 0.29) is 0 Å². The third-order valence-electron chi connectivity index (χ3n) is 17.9. The summed E-state index contributed by atoms with van der Waals surface area (Å²) in [6, 6.07) is 14.2. The van der Waals surface area contributed by atoms with Gasteiger partial charge in [0.05, 0.1) is 64.2 Å². The van der Waals surface area contributed by atoms with Gasteiger partial charge in [-0.25, -0.2) is 29.9 Å². The lowest BCUT2D eigenvalue weighted by molar-refractivity contribution is 0.393. The Morgan fingerprint density at radius 2 is 0.757 bits per heavy atom. The fourth-order valence-electron chi connectivity index (χ4n) is 8.94. The molecule has 12 aromatic heterocycles. The number of hydrogen-bond acceptors (Lipinski definition) is 16. The van der Waals surface area contributed by atoms with Crippen molar-refractivity contribution in [3.8, 4) is 0 Å². The van der Waals surface area contributed by atoms with Crippen molar-refractivity contribution in [2.24, 2.45) is 42.3 Å². The molecule has 0 amide bonds. The van der Waals surface area contributed by atoms with Crippen molar-refractivity contribution in [2.75, 3.05) is 0 Å². The summed E-state index contributed by atoms with van der Waals surface area (Å²) < 4.78 is 42.0. The average molecular weight is 1480 g/mol. The van der Waals surface area contributed by atoms with Gasteiger partial charge in [0.2, 0.25) is 0 Å². The Morgan fingerprint density at radius 3 is 0.850 bits per heavy atom. The molecule has 0 bridgehead atoms. The van der Waals surface area contributed by atoms with Crippen LogP contribution in [0.4, 0.5) is 0 Å². The third kappa shape index (κ3) is 35.2. The normalized spacial score (nSPS) is 9.73. The van der Waals surface area contributed by atoms with Crippen molar-refractivity contribution >= 4 is 0 Å². The molecule has 107 heavy (non-hydrogen) atoms. The van der Waals surface area contributed by atoms with Gasteiger partial charge < -0.3 is 45.0 Å². The summed E-state index contributed by atoms with van der Waals surface area (Å²) in [7, 11) is 12.1. The number of benzene rings is 1. The summed E-state index contributed by atoms with van der Waals surface area (Å²) in [6.45, 7) is 69.8. The Bertz CT molecular complexity index is 3960. The predicted octanol–water partition coefficient (Wildman–Crippen LogP) is 20.7. The van der Waals surface area contributed by atoms with Crippen LogP contribution in [0, 0.1) is 228 Å². The lowest BCUT2D eigenvalue weighted by atomic mass is 10.2. The molecule has 22 heteroatoms. The molecule has 590 valence electrons. The first-order chi connectivity index (χ1) is 49.7. The zero-order chi connectivity index (χ0) is 82.6. The van der Waals surface area contributed by atoms with Crippen LogP contribution in [0.25, 0.3) is 0 Å². The van der Waals surface area contributed by atoms with Gasteiger partial charge in [-0.1, -0.05) is 60.1 Å². The number of rotatable bonds is 0. The number of oxazole rings is 3. The van der Waals surface area contributed by atoms with Crippen molar-refractivity contribution in [2.45, 2.75) is 242 Å². The van der Waals surface area contributed by atoms with Crippen LogP contribution in [0.3, 0.4) is 0 Å². The summed E-state index contributed by atoms with van der Waals surface area (Å²) in [6.07, 6.45) is 7.51. The highest BCUT2D eigenvalue weighted by Crippen LogP contribution is 2.15. The zero-order valence-corrected chi connectivity index (χ0v) is 73.5. The smallest absolute Gasteiger partial charge is 0.191 e.